The van der Waals surface area contributed by atoms with Crippen molar-refractivity contribution in [2.75, 3.05) is 7.11 Å². The van der Waals surface area contributed by atoms with Gasteiger partial charge in [-0.2, -0.15) is 4.98 Å². The van der Waals surface area contributed by atoms with Crippen molar-refractivity contribution in [3.8, 4) is 39.7 Å². The van der Waals surface area contributed by atoms with Crippen molar-refractivity contribution in [1.29, 1.82) is 0 Å². The average molecular weight is 467 g/mol. The highest BCUT2D eigenvalue weighted by atomic mass is 35.5. The van der Waals surface area contributed by atoms with Crippen LogP contribution in [-0.4, -0.2) is 17.3 Å². The molecule has 4 nitrogen and oxygen atoms in total. The number of hydrogen-bond acceptors (Lipinski definition) is 4. The maximum absolute atomic E-state index is 6.35. The Labute approximate surface area is 198 Å². The van der Waals surface area contributed by atoms with Gasteiger partial charge in [-0.15, -0.1) is 0 Å². The Morgan fingerprint density at radius 1 is 0.875 bits per heavy atom. The molecule has 32 heavy (non-hydrogen) atoms. The number of nitrogens with zero attached hydrogens (tertiary/aromatic N) is 2. The summed E-state index contributed by atoms with van der Waals surface area (Å²) in [5, 5.41) is 5.08. The normalized spacial score (nSPS) is 11.6. The zero-order valence-electron chi connectivity index (χ0n) is 18.7. The molecule has 0 unspecified atom stereocenters. The van der Waals surface area contributed by atoms with Gasteiger partial charge in [-0.3, -0.25) is 0 Å². The standard InChI is InChI=1S/C26H24Cl2N2O2/c1-15-9-6-7-10-17(15)18-13-16(26(2,3)4)14-19(23(18)31-5)25-29-24(30-32-25)22-20(27)11-8-12-21(22)28/h6-14H,1-5H3. The van der Waals surface area contributed by atoms with Crippen molar-refractivity contribution in [3.63, 3.8) is 0 Å². The maximum Gasteiger partial charge on any atom is 0.262 e. The van der Waals surface area contributed by atoms with E-state index >= 15 is 0 Å². The first-order valence-corrected chi connectivity index (χ1v) is 11.0. The van der Waals surface area contributed by atoms with Crippen LogP contribution in [0.25, 0.3) is 34.0 Å². The Balaban J connectivity index is 1.96. The molecule has 0 bridgehead atoms. The lowest BCUT2D eigenvalue weighted by Gasteiger charge is -2.23. The highest BCUT2D eigenvalue weighted by Crippen LogP contribution is 2.44. The van der Waals surface area contributed by atoms with E-state index in [-0.39, 0.29) is 5.41 Å². The van der Waals surface area contributed by atoms with E-state index in [1.807, 2.05) is 18.2 Å². The molecule has 0 aliphatic heterocycles. The number of rotatable bonds is 4. The van der Waals surface area contributed by atoms with Crippen molar-refractivity contribution in [1.82, 2.24) is 10.1 Å². The van der Waals surface area contributed by atoms with Crippen LogP contribution in [0, 0.1) is 6.92 Å². The average Bonchev–Trinajstić information content (AvgIpc) is 3.22. The predicted molar refractivity (Wildman–Crippen MR) is 131 cm³/mol. The summed E-state index contributed by atoms with van der Waals surface area (Å²) in [4.78, 5) is 4.63. The highest BCUT2D eigenvalue weighted by Gasteiger charge is 2.25. The Hall–Kier alpha value is -2.82. The molecule has 0 N–H and O–H groups in total. The quantitative estimate of drug-likeness (QED) is 0.305. The van der Waals surface area contributed by atoms with E-state index in [4.69, 9.17) is 32.5 Å². The molecule has 0 aliphatic carbocycles. The predicted octanol–water partition coefficient (Wildman–Crippen LogP) is 7.99. The van der Waals surface area contributed by atoms with E-state index in [1.165, 1.54) is 0 Å². The monoisotopic (exact) mass is 466 g/mol. The van der Waals surface area contributed by atoms with Crippen LogP contribution >= 0.6 is 23.2 Å². The lowest BCUT2D eigenvalue weighted by molar-refractivity contribution is 0.406. The second-order valence-electron chi connectivity index (χ2n) is 8.69. The Morgan fingerprint density at radius 2 is 1.53 bits per heavy atom. The summed E-state index contributed by atoms with van der Waals surface area (Å²) in [6, 6.07) is 17.7. The van der Waals surface area contributed by atoms with Gasteiger partial charge in [-0.05, 0) is 53.3 Å². The highest BCUT2D eigenvalue weighted by molar-refractivity contribution is 6.38. The molecule has 1 aromatic heterocycles. The van der Waals surface area contributed by atoms with Crippen molar-refractivity contribution in [2.24, 2.45) is 0 Å². The van der Waals surface area contributed by atoms with Gasteiger partial charge in [0.05, 0.1) is 28.3 Å². The number of halogens is 2. The van der Waals surface area contributed by atoms with Gasteiger partial charge < -0.3 is 9.26 Å². The van der Waals surface area contributed by atoms with E-state index in [0.717, 1.165) is 27.8 Å². The van der Waals surface area contributed by atoms with Gasteiger partial charge in [0.25, 0.3) is 5.89 Å². The lowest BCUT2D eigenvalue weighted by atomic mass is 9.83. The van der Waals surface area contributed by atoms with E-state index in [2.05, 4.69) is 56.0 Å². The van der Waals surface area contributed by atoms with Crippen LogP contribution in [-0.2, 0) is 5.41 Å². The Kier molecular flexibility index (Phi) is 6.02. The van der Waals surface area contributed by atoms with Gasteiger partial charge in [0.2, 0.25) is 5.82 Å². The molecule has 0 saturated heterocycles. The molecule has 164 valence electrons. The van der Waals surface area contributed by atoms with Crippen LogP contribution in [0.5, 0.6) is 5.75 Å². The largest absolute Gasteiger partial charge is 0.495 e. The fourth-order valence-electron chi connectivity index (χ4n) is 3.66. The van der Waals surface area contributed by atoms with E-state index in [0.29, 0.717) is 33.1 Å². The zero-order valence-corrected chi connectivity index (χ0v) is 20.2. The summed E-state index contributed by atoms with van der Waals surface area (Å²) in [6.45, 7) is 8.59. The molecule has 4 aromatic rings. The molecule has 0 spiro atoms. The summed E-state index contributed by atoms with van der Waals surface area (Å²) in [5.74, 6) is 1.35. The Morgan fingerprint density at radius 3 is 2.16 bits per heavy atom. The topological polar surface area (TPSA) is 48.2 Å². The molecule has 6 heteroatoms. The lowest BCUT2D eigenvalue weighted by Crippen LogP contribution is -2.12. The molecule has 1 heterocycles. The number of benzene rings is 3. The number of aryl methyl sites for hydroxylation is 1. The number of aromatic nitrogens is 2. The maximum atomic E-state index is 6.35. The first-order chi connectivity index (χ1) is 15.2. The molecule has 0 atom stereocenters. The molecule has 0 radical (unpaired) electrons. The van der Waals surface area contributed by atoms with Crippen molar-refractivity contribution < 1.29 is 9.26 Å². The third-order valence-electron chi connectivity index (χ3n) is 5.44. The number of methoxy groups -OCH3 is 1. The minimum absolute atomic E-state index is 0.104. The van der Waals surface area contributed by atoms with Crippen LogP contribution in [0.2, 0.25) is 10.0 Å². The van der Waals surface area contributed by atoms with Crippen molar-refractivity contribution in [3.05, 3.63) is 75.8 Å². The van der Waals surface area contributed by atoms with Crippen molar-refractivity contribution >= 4 is 23.2 Å². The fraction of sp³-hybridized carbons (Fsp3) is 0.231. The summed E-state index contributed by atoms with van der Waals surface area (Å²) < 4.78 is 11.6. The third kappa shape index (κ3) is 4.13. The van der Waals surface area contributed by atoms with Crippen LogP contribution in [0.4, 0.5) is 0 Å². The summed E-state index contributed by atoms with van der Waals surface area (Å²) in [5.41, 5.74) is 5.50. The second kappa shape index (κ2) is 8.61. The molecule has 0 fully saturated rings. The first kappa shape index (κ1) is 22.4. The van der Waals surface area contributed by atoms with Gasteiger partial charge in [0, 0.05) is 5.56 Å². The van der Waals surface area contributed by atoms with Gasteiger partial charge in [0.1, 0.15) is 5.75 Å². The van der Waals surface area contributed by atoms with E-state index < -0.39 is 0 Å². The van der Waals surface area contributed by atoms with Crippen LogP contribution in [0.1, 0.15) is 31.9 Å². The number of hydrogen-bond donors (Lipinski definition) is 0. The number of ether oxygens (including phenoxy) is 1. The minimum atomic E-state index is -0.104. The molecule has 3 aromatic carbocycles. The molecular formula is C26H24Cl2N2O2. The van der Waals surface area contributed by atoms with Crippen molar-refractivity contribution in [2.45, 2.75) is 33.1 Å². The minimum Gasteiger partial charge on any atom is -0.495 e. The third-order valence-corrected chi connectivity index (χ3v) is 6.07. The first-order valence-electron chi connectivity index (χ1n) is 10.3. The van der Waals surface area contributed by atoms with Crippen LogP contribution < -0.4 is 4.74 Å². The van der Waals surface area contributed by atoms with Gasteiger partial charge in [-0.1, -0.05) is 79.5 Å². The summed E-state index contributed by atoms with van der Waals surface area (Å²) in [7, 11) is 1.65. The van der Waals surface area contributed by atoms with Crippen LogP contribution in [0.3, 0.4) is 0 Å². The van der Waals surface area contributed by atoms with Gasteiger partial charge in [-0.25, -0.2) is 0 Å². The van der Waals surface area contributed by atoms with Gasteiger partial charge >= 0.3 is 0 Å². The van der Waals surface area contributed by atoms with E-state index in [1.54, 1.807) is 25.3 Å². The summed E-state index contributed by atoms with van der Waals surface area (Å²) in [6.07, 6.45) is 0. The molecule has 0 aliphatic rings. The molecule has 4 rings (SSSR count). The van der Waals surface area contributed by atoms with Gasteiger partial charge in [0.15, 0.2) is 0 Å². The fourth-order valence-corrected chi connectivity index (χ4v) is 4.23. The zero-order chi connectivity index (χ0) is 23.0. The van der Waals surface area contributed by atoms with Crippen LogP contribution in [0.15, 0.2) is 59.1 Å². The molecule has 0 amide bonds. The summed E-state index contributed by atoms with van der Waals surface area (Å²) >= 11 is 12.7. The second-order valence-corrected chi connectivity index (χ2v) is 9.50. The molecular weight excluding hydrogens is 443 g/mol. The molecule has 0 saturated carbocycles. The van der Waals surface area contributed by atoms with E-state index in [9.17, 15) is 0 Å². The Bertz CT molecular complexity index is 1270. The SMILES string of the molecule is COc1c(-c2nc(-c3c(Cl)cccc3Cl)no2)cc(C(C)(C)C)cc1-c1ccccc1C. The smallest absolute Gasteiger partial charge is 0.262 e.